The molecule has 2 N–H and O–H groups in total. The molecular weight excluding hydrogens is 270 g/mol. The first-order valence-electron chi connectivity index (χ1n) is 7.34. The van der Waals surface area contributed by atoms with Gasteiger partial charge in [-0.05, 0) is 37.9 Å². The average Bonchev–Trinajstić information content (AvgIpc) is 2.47. The van der Waals surface area contributed by atoms with Crippen molar-refractivity contribution in [2.75, 3.05) is 13.7 Å². The highest BCUT2D eigenvalue weighted by molar-refractivity contribution is 5.48. The van der Waals surface area contributed by atoms with Crippen molar-refractivity contribution < 1.29 is 9.66 Å². The van der Waals surface area contributed by atoms with Crippen molar-refractivity contribution >= 4 is 5.69 Å². The van der Waals surface area contributed by atoms with Gasteiger partial charge in [0, 0.05) is 24.7 Å². The Morgan fingerprint density at radius 1 is 1.52 bits per heavy atom. The maximum absolute atomic E-state index is 11.1. The summed E-state index contributed by atoms with van der Waals surface area (Å²) in [6.07, 6.45) is 3.45. The van der Waals surface area contributed by atoms with Crippen molar-refractivity contribution in [2.45, 2.75) is 44.8 Å². The van der Waals surface area contributed by atoms with Gasteiger partial charge in [-0.25, -0.2) is 0 Å². The van der Waals surface area contributed by atoms with Gasteiger partial charge in [-0.2, -0.15) is 0 Å². The quantitative estimate of drug-likeness (QED) is 0.665. The van der Waals surface area contributed by atoms with Gasteiger partial charge in [-0.3, -0.25) is 15.0 Å². The maximum Gasteiger partial charge on any atom is 0.311 e. The van der Waals surface area contributed by atoms with E-state index in [1.807, 2.05) is 13.0 Å². The van der Waals surface area contributed by atoms with Gasteiger partial charge in [0.25, 0.3) is 0 Å². The van der Waals surface area contributed by atoms with Crippen LogP contribution in [0.15, 0.2) is 18.2 Å². The smallest absolute Gasteiger partial charge is 0.311 e. The summed E-state index contributed by atoms with van der Waals surface area (Å²) in [5.41, 5.74) is 7.01. The Balaban J connectivity index is 2.18. The third-order valence-electron chi connectivity index (χ3n) is 4.10. The van der Waals surface area contributed by atoms with Crippen LogP contribution in [0.25, 0.3) is 0 Å². The van der Waals surface area contributed by atoms with Gasteiger partial charge in [-0.1, -0.05) is 12.5 Å². The fourth-order valence-corrected chi connectivity index (χ4v) is 3.02. The minimum Gasteiger partial charge on any atom is -0.490 e. The molecule has 1 aromatic carbocycles. The fourth-order valence-electron chi connectivity index (χ4n) is 3.02. The zero-order chi connectivity index (χ0) is 15.4. The van der Waals surface area contributed by atoms with E-state index in [0.717, 1.165) is 24.9 Å². The lowest BCUT2D eigenvalue weighted by molar-refractivity contribution is -0.385. The van der Waals surface area contributed by atoms with E-state index in [2.05, 4.69) is 4.90 Å². The number of methoxy groups -OCH3 is 1. The highest BCUT2D eigenvalue weighted by Crippen LogP contribution is 2.29. The Labute approximate surface area is 125 Å². The molecule has 0 amide bonds. The van der Waals surface area contributed by atoms with Crippen LogP contribution >= 0.6 is 0 Å². The number of rotatable bonds is 5. The second-order valence-corrected chi connectivity index (χ2v) is 5.66. The highest BCUT2D eigenvalue weighted by Gasteiger charge is 2.26. The van der Waals surface area contributed by atoms with Crippen LogP contribution in [-0.4, -0.2) is 35.6 Å². The zero-order valence-electron chi connectivity index (χ0n) is 12.6. The molecule has 0 aromatic heterocycles. The van der Waals surface area contributed by atoms with E-state index in [1.54, 1.807) is 12.1 Å². The average molecular weight is 293 g/mol. The standard InChI is InChI=1S/C15H23N3O3/c1-11(16)13-5-3-4-8-17(13)10-12-6-7-15(21-2)14(9-12)18(19)20/h6-7,9,11,13H,3-5,8,10,16H2,1-2H3. The molecule has 1 heterocycles. The summed E-state index contributed by atoms with van der Waals surface area (Å²) in [6, 6.07) is 5.61. The van der Waals surface area contributed by atoms with Gasteiger partial charge in [0.2, 0.25) is 0 Å². The van der Waals surface area contributed by atoms with E-state index in [4.69, 9.17) is 10.5 Å². The second kappa shape index (κ2) is 6.87. The van der Waals surface area contributed by atoms with E-state index in [1.165, 1.54) is 13.5 Å². The molecule has 1 aliphatic rings. The topological polar surface area (TPSA) is 81.6 Å². The molecular formula is C15H23N3O3. The molecule has 2 atom stereocenters. The van der Waals surface area contributed by atoms with Gasteiger partial charge in [0.15, 0.2) is 5.75 Å². The number of nitrogens with two attached hydrogens (primary N) is 1. The minimum atomic E-state index is -0.401. The van der Waals surface area contributed by atoms with Crippen molar-refractivity contribution in [1.29, 1.82) is 0 Å². The van der Waals surface area contributed by atoms with Gasteiger partial charge in [0.05, 0.1) is 12.0 Å². The monoisotopic (exact) mass is 293 g/mol. The van der Waals surface area contributed by atoms with Crippen LogP contribution in [0.2, 0.25) is 0 Å². The van der Waals surface area contributed by atoms with Gasteiger partial charge < -0.3 is 10.5 Å². The first-order chi connectivity index (χ1) is 10.0. The van der Waals surface area contributed by atoms with Crippen molar-refractivity contribution in [2.24, 2.45) is 5.73 Å². The molecule has 0 aliphatic carbocycles. The lowest BCUT2D eigenvalue weighted by atomic mass is 9.96. The van der Waals surface area contributed by atoms with Crippen LogP contribution in [0, 0.1) is 10.1 Å². The summed E-state index contributed by atoms with van der Waals surface area (Å²) in [7, 11) is 1.44. The molecule has 1 saturated heterocycles. The first kappa shape index (κ1) is 15.7. The minimum absolute atomic E-state index is 0.0179. The molecule has 116 valence electrons. The Bertz CT molecular complexity index is 505. The summed E-state index contributed by atoms with van der Waals surface area (Å²) >= 11 is 0. The molecule has 0 saturated carbocycles. The van der Waals surface area contributed by atoms with Crippen LogP contribution in [-0.2, 0) is 6.54 Å². The molecule has 6 nitrogen and oxygen atoms in total. The summed E-state index contributed by atoms with van der Waals surface area (Å²) < 4.78 is 5.04. The van der Waals surface area contributed by atoms with E-state index in [-0.39, 0.29) is 11.7 Å². The lowest BCUT2D eigenvalue weighted by Gasteiger charge is -2.38. The lowest BCUT2D eigenvalue weighted by Crippen LogP contribution is -2.48. The molecule has 6 heteroatoms. The molecule has 21 heavy (non-hydrogen) atoms. The van der Waals surface area contributed by atoms with Crippen LogP contribution in [0.1, 0.15) is 31.7 Å². The molecule has 0 radical (unpaired) electrons. The molecule has 0 spiro atoms. The number of hydrogen-bond acceptors (Lipinski definition) is 5. The molecule has 2 rings (SSSR count). The third kappa shape index (κ3) is 3.71. The van der Waals surface area contributed by atoms with E-state index >= 15 is 0 Å². The number of likely N-dealkylation sites (tertiary alicyclic amines) is 1. The highest BCUT2D eigenvalue weighted by atomic mass is 16.6. The number of nitro benzene ring substituents is 1. The molecule has 0 bridgehead atoms. The maximum atomic E-state index is 11.1. The van der Waals surface area contributed by atoms with Gasteiger partial charge >= 0.3 is 5.69 Å². The van der Waals surface area contributed by atoms with Crippen molar-refractivity contribution in [3.63, 3.8) is 0 Å². The number of ether oxygens (including phenoxy) is 1. The normalized spacial score (nSPS) is 21.0. The molecule has 2 unspecified atom stereocenters. The van der Waals surface area contributed by atoms with E-state index in [9.17, 15) is 10.1 Å². The number of hydrogen-bond donors (Lipinski definition) is 1. The van der Waals surface area contributed by atoms with Crippen LogP contribution in [0.3, 0.4) is 0 Å². The number of benzene rings is 1. The van der Waals surface area contributed by atoms with Crippen molar-refractivity contribution in [3.05, 3.63) is 33.9 Å². The van der Waals surface area contributed by atoms with E-state index < -0.39 is 4.92 Å². The van der Waals surface area contributed by atoms with Crippen molar-refractivity contribution in [1.82, 2.24) is 4.90 Å². The predicted octanol–water partition coefficient (Wildman–Crippen LogP) is 2.31. The number of piperidine rings is 1. The van der Waals surface area contributed by atoms with Crippen LogP contribution in [0.5, 0.6) is 5.75 Å². The molecule has 1 aliphatic heterocycles. The second-order valence-electron chi connectivity index (χ2n) is 5.66. The SMILES string of the molecule is COc1ccc(CN2CCCCC2C(C)N)cc1[N+](=O)[O-]. The molecule has 1 fully saturated rings. The summed E-state index contributed by atoms with van der Waals surface area (Å²) in [6.45, 7) is 3.71. The first-order valence-corrected chi connectivity index (χ1v) is 7.34. The Hall–Kier alpha value is -1.66. The van der Waals surface area contributed by atoms with E-state index in [0.29, 0.717) is 18.3 Å². The summed E-state index contributed by atoms with van der Waals surface area (Å²) in [5.74, 6) is 0.297. The molecule has 1 aromatic rings. The number of nitrogens with zero attached hydrogens (tertiary/aromatic N) is 2. The Kier molecular flexibility index (Phi) is 5.14. The zero-order valence-corrected chi connectivity index (χ0v) is 12.6. The Morgan fingerprint density at radius 2 is 2.29 bits per heavy atom. The fraction of sp³-hybridized carbons (Fsp3) is 0.600. The predicted molar refractivity (Wildman–Crippen MR) is 81.3 cm³/mol. The number of nitro groups is 1. The van der Waals surface area contributed by atoms with Crippen LogP contribution < -0.4 is 10.5 Å². The summed E-state index contributed by atoms with van der Waals surface area (Å²) in [5, 5.41) is 11.1. The third-order valence-corrected chi connectivity index (χ3v) is 4.10. The Morgan fingerprint density at radius 3 is 2.90 bits per heavy atom. The van der Waals surface area contributed by atoms with Gasteiger partial charge in [-0.15, -0.1) is 0 Å². The van der Waals surface area contributed by atoms with Gasteiger partial charge in [0.1, 0.15) is 0 Å². The van der Waals surface area contributed by atoms with Crippen LogP contribution in [0.4, 0.5) is 5.69 Å². The van der Waals surface area contributed by atoms with Crippen molar-refractivity contribution in [3.8, 4) is 5.75 Å². The summed E-state index contributed by atoms with van der Waals surface area (Å²) in [4.78, 5) is 13.0. The largest absolute Gasteiger partial charge is 0.490 e.